The lowest BCUT2D eigenvalue weighted by Crippen LogP contribution is -2.47. The van der Waals surface area contributed by atoms with Gasteiger partial charge < -0.3 is 10.1 Å². The number of rotatable bonds is 5. The van der Waals surface area contributed by atoms with Gasteiger partial charge in [-0.05, 0) is 67.2 Å². The molecule has 4 nitrogen and oxygen atoms in total. The van der Waals surface area contributed by atoms with E-state index in [0.717, 1.165) is 0 Å². The molecule has 2 unspecified atom stereocenters. The van der Waals surface area contributed by atoms with E-state index in [2.05, 4.69) is 5.32 Å². The van der Waals surface area contributed by atoms with Gasteiger partial charge >= 0.3 is 24.6 Å². The number of ether oxygens (including phenoxy) is 1. The Labute approximate surface area is 217 Å². The number of nitrogens with zero attached hydrogens (tertiary/aromatic N) is 1. The minimum absolute atomic E-state index is 0.140. The van der Waals surface area contributed by atoms with Gasteiger partial charge in [-0.1, -0.05) is 6.85 Å². The van der Waals surface area contributed by atoms with Crippen LogP contribution in [0.5, 0.6) is 0 Å². The zero-order chi connectivity index (χ0) is 34.6. The van der Waals surface area contributed by atoms with Gasteiger partial charge in [-0.25, -0.2) is 4.79 Å². The van der Waals surface area contributed by atoms with E-state index < -0.39 is 110 Å². The number of alkyl halides is 9. The molecule has 0 aliphatic carbocycles. The molecule has 2 atom stereocenters. The fraction of sp³-hybridized carbons (Fsp3) is 0.458. The Morgan fingerprint density at radius 2 is 1.59 bits per heavy atom. The number of carbonyl (C=O) groups excluding carboxylic acids is 1. The second-order valence-electron chi connectivity index (χ2n) is 7.94. The van der Waals surface area contributed by atoms with Crippen LogP contribution in [0.3, 0.4) is 0 Å². The van der Waals surface area contributed by atoms with Crippen molar-refractivity contribution >= 4 is 11.8 Å². The predicted octanol–water partition coefficient (Wildman–Crippen LogP) is 7.72. The number of benzene rings is 2. The van der Waals surface area contributed by atoms with Crippen LogP contribution in [-0.4, -0.2) is 18.7 Å². The number of halogens is 9. The first-order valence-corrected chi connectivity index (χ1v) is 10.3. The van der Waals surface area contributed by atoms with Crippen molar-refractivity contribution in [3.8, 4) is 0 Å². The first-order chi connectivity index (χ1) is 20.1. The zero-order valence-corrected chi connectivity index (χ0v) is 18.4. The van der Waals surface area contributed by atoms with Crippen molar-refractivity contribution in [2.24, 2.45) is 0 Å². The molecule has 1 aliphatic heterocycles. The van der Waals surface area contributed by atoms with Gasteiger partial charge in [0.2, 0.25) is 0 Å². The number of amides is 1. The Kier molecular flexibility index (Phi) is 5.40. The molecule has 1 aliphatic rings. The summed E-state index contributed by atoms with van der Waals surface area (Å²) in [6.07, 6.45) is -21.3. The molecule has 0 fully saturated rings. The number of nitrogens with one attached hydrogen (secondary N) is 1. The first-order valence-electron chi connectivity index (χ1n) is 14.3. The normalized spacial score (nSPS) is 22.8. The zero-order valence-electron chi connectivity index (χ0n) is 26.4. The minimum Gasteiger partial charge on any atom is -0.449 e. The van der Waals surface area contributed by atoms with Gasteiger partial charge in [-0.3, -0.25) is 4.90 Å². The summed E-state index contributed by atoms with van der Waals surface area (Å²) in [6, 6.07) is -1.52. The van der Waals surface area contributed by atoms with E-state index in [9.17, 15) is 44.3 Å². The lowest BCUT2D eigenvalue weighted by molar-refractivity contribution is -0.143. The summed E-state index contributed by atoms with van der Waals surface area (Å²) in [5, 5.41) is 2.48. The maximum Gasteiger partial charge on any atom is 0.416 e. The molecular formula is C24H23F9N2O2. The summed E-state index contributed by atoms with van der Waals surface area (Å²) in [5.74, 6) is 0. The van der Waals surface area contributed by atoms with Crippen LogP contribution in [0.25, 0.3) is 0 Å². The highest BCUT2D eigenvalue weighted by molar-refractivity contribution is 5.90. The lowest BCUT2D eigenvalue weighted by Gasteiger charge is -2.40. The standard InChI is InChI=1S/C24H23F9N2O2/c1-3-17-11-19(34-12-13-7-15(23(28,29)30)9-16(8-13)24(31,32)33)18-10-14(22(25,26)27)5-6-20(18)35(17)21(36)37-4-2/h5-10,17,19,34H,3-4,11-12H2,1-2H3/i1D3,2D3,3D2. The fourth-order valence-electron chi connectivity index (χ4n) is 3.89. The van der Waals surface area contributed by atoms with Crippen molar-refractivity contribution in [3.63, 3.8) is 0 Å². The van der Waals surface area contributed by atoms with E-state index in [1.807, 2.05) is 0 Å². The average Bonchev–Trinajstić information content (AvgIpc) is 2.86. The molecule has 0 spiro atoms. The predicted molar refractivity (Wildman–Crippen MR) is 116 cm³/mol. The summed E-state index contributed by atoms with van der Waals surface area (Å²) >= 11 is 0. The lowest BCUT2D eigenvalue weighted by atomic mass is 9.88. The third kappa shape index (κ3) is 6.49. The summed E-state index contributed by atoms with van der Waals surface area (Å²) in [7, 11) is 0. The molecule has 0 saturated heterocycles. The Morgan fingerprint density at radius 3 is 2.14 bits per heavy atom. The van der Waals surface area contributed by atoms with Gasteiger partial charge in [0.05, 0.1) is 29.0 Å². The van der Waals surface area contributed by atoms with Crippen molar-refractivity contribution in [1.29, 1.82) is 0 Å². The quantitative estimate of drug-likeness (QED) is 0.388. The molecule has 3 rings (SSSR count). The highest BCUT2D eigenvalue weighted by Gasteiger charge is 2.40. The average molecular weight is 550 g/mol. The van der Waals surface area contributed by atoms with E-state index >= 15 is 0 Å². The van der Waals surface area contributed by atoms with E-state index in [4.69, 9.17) is 15.7 Å². The van der Waals surface area contributed by atoms with Crippen molar-refractivity contribution in [2.45, 2.75) is 63.7 Å². The van der Waals surface area contributed by atoms with Gasteiger partial charge in [0.1, 0.15) is 0 Å². The van der Waals surface area contributed by atoms with Crippen LogP contribution in [0.4, 0.5) is 50.0 Å². The van der Waals surface area contributed by atoms with E-state index in [-0.39, 0.29) is 6.07 Å². The molecule has 13 heteroatoms. The van der Waals surface area contributed by atoms with Crippen LogP contribution in [-0.2, 0) is 29.8 Å². The fourth-order valence-corrected chi connectivity index (χ4v) is 3.89. The highest BCUT2D eigenvalue weighted by atomic mass is 19.4. The molecule has 2 aromatic carbocycles. The van der Waals surface area contributed by atoms with Crippen LogP contribution in [0.2, 0.25) is 0 Å². The monoisotopic (exact) mass is 550 g/mol. The first kappa shape index (κ1) is 19.2. The van der Waals surface area contributed by atoms with Gasteiger partial charge in [0, 0.05) is 29.6 Å². The maximum absolute atomic E-state index is 13.6. The van der Waals surface area contributed by atoms with E-state index in [1.54, 1.807) is 0 Å². The smallest absolute Gasteiger partial charge is 0.416 e. The second-order valence-corrected chi connectivity index (χ2v) is 7.94. The van der Waals surface area contributed by atoms with Crippen LogP contribution in [0, 0.1) is 0 Å². The SMILES string of the molecule is [2H]C([2H])([2H])COC(=O)N1c2ccc(C(F)(F)F)cc2C(NCc2cc(C(F)(F)F)cc(C(F)(F)F)c2)CC1C([2H])([2H])C([2H])([2H])[2H]. The number of hydrogen-bond acceptors (Lipinski definition) is 3. The number of fused-ring (bicyclic) bond motifs is 1. The third-order valence-electron chi connectivity index (χ3n) is 5.52. The van der Waals surface area contributed by atoms with Crippen molar-refractivity contribution in [3.05, 3.63) is 64.2 Å². The number of anilines is 1. The van der Waals surface area contributed by atoms with E-state index in [1.165, 1.54) is 0 Å². The highest BCUT2D eigenvalue weighted by Crippen LogP contribution is 2.42. The molecule has 37 heavy (non-hydrogen) atoms. The summed E-state index contributed by atoms with van der Waals surface area (Å²) < 4.78 is 187. The van der Waals surface area contributed by atoms with Crippen molar-refractivity contribution in [1.82, 2.24) is 5.32 Å². The number of carbonyl (C=O) groups is 1. The second kappa shape index (κ2) is 10.4. The molecule has 0 aromatic heterocycles. The largest absolute Gasteiger partial charge is 0.449 e. The molecule has 1 amide bonds. The molecule has 204 valence electrons. The van der Waals surface area contributed by atoms with Crippen molar-refractivity contribution in [2.75, 3.05) is 11.5 Å². The maximum atomic E-state index is 13.6. The van der Waals surface area contributed by atoms with Crippen LogP contribution in [0.15, 0.2) is 36.4 Å². The topological polar surface area (TPSA) is 41.6 Å². The van der Waals surface area contributed by atoms with E-state index in [0.29, 0.717) is 35.2 Å². The Balaban J connectivity index is 2.17. The summed E-state index contributed by atoms with van der Waals surface area (Å²) in [6.45, 7) is -8.49. The molecule has 1 heterocycles. The summed E-state index contributed by atoms with van der Waals surface area (Å²) in [4.78, 5) is 13.4. The van der Waals surface area contributed by atoms with Gasteiger partial charge in [0.15, 0.2) is 0 Å². The van der Waals surface area contributed by atoms with Gasteiger partial charge in [-0.2, -0.15) is 39.5 Å². The molecule has 0 bridgehead atoms. The van der Waals surface area contributed by atoms with Crippen LogP contribution < -0.4 is 10.2 Å². The third-order valence-corrected chi connectivity index (χ3v) is 5.52. The Morgan fingerprint density at radius 1 is 0.973 bits per heavy atom. The van der Waals surface area contributed by atoms with Gasteiger partial charge in [-0.15, -0.1) is 0 Å². The van der Waals surface area contributed by atoms with Crippen LogP contribution >= 0.6 is 0 Å². The molecule has 0 radical (unpaired) electrons. The number of hydrogen-bond donors (Lipinski definition) is 1. The molecule has 0 saturated carbocycles. The van der Waals surface area contributed by atoms with Crippen LogP contribution in [0.1, 0.15) is 71.3 Å². The Hall–Kier alpha value is -2.96. The minimum atomic E-state index is -5.22. The molecular weight excluding hydrogens is 519 g/mol. The molecule has 2 aromatic rings. The van der Waals surface area contributed by atoms with Gasteiger partial charge in [0.25, 0.3) is 0 Å². The summed E-state index contributed by atoms with van der Waals surface area (Å²) in [5.41, 5.74) is -6.36. The Bertz CT molecular complexity index is 1380. The van der Waals surface area contributed by atoms with Crippen molar-refractivity contribution < 1.29 is 60.0 Å². The molecule has 1 N–H and O–H groups in total.